The van der Waals surface area contributed by atoms with E-state index < -0.39 is 5.97 Å². The van der Waals surface area contributed by atoms with Gasteiger partial charge >= 0.3 is 5.97 Å². The molecule has 2 aliphatic carbocycles. The van der Waals surface area contributed by atoms with Gasteiger partial charge in [-0.1, -0.05) is 58.4 Å². The molecule has 0 N–H and O–H groups in total. The summed E-state index contributed by atoms with van der Waals surface area (Å²) < 4.78 is 6.28. The van der Waals surface area contributed by atoms with Crippen LogP contribution in [0.25, 0.3) is 22.2 Å². The van der Waals surface area contributed by atoms with Gasteiger partial charge in [0.25, 0.3) is 0 Å². The lowest BCUT2D eigenvalue weighted by atomic mass is 9.81. The van der Waals surface area contributed by atoms with E-state index in [1.54, 1.807) is 48.5 Å². The highest BCUT2D eigenvalue weighted by atomic mass is 79.9. The maximum atomic E-state index is 13.2. The van der Waals surface area contributed by atoms with Gasteiger partial charge in [0.05, 0.1) is 34.3 Å². The smallest absolute Gasteiger partial charge is 0.339 e. The molecule has 3 fully saturated rings. The average Bonchev–Trinajstić information content (AvgIpc) is 3.69. The fraction of sp³-hybridized carbons (Fsp3) is 0.242. The number of ether oxygens (including phenoxy) is 1. The molecule has 2 bridgehead atoms. The maximum absolute atomic E-state index is 13.2. The summed E-state index contributed by atoms with van der Waals surface area (Å²) in [5.41, 5.74) is 3.17. The SMILES string of the molecule is O=C(COC(=O)c1cc(-c2ccc(N3C(=O)[C@H]4[C@@H]5CC[C@@H](C5)[C@@H]4C3=O)cc2)nc2ccccc12)c1ccc(Br)cc1. The first-order valence-electron chi connectivity index (χ1n) is 13.7. The number of Topliss-reactive ketones (excluding diaryl/α,β-unsaturated/α-hetero) is 1. The van der Waals surface area contributed by atoms with Gasteiger partial charge < -0.3 is 4.74 Å². The van der Waals surface area contributed by atoms with E-state index in [2.05, 4.69) is 15.9 Å². The molecule has 7 rings (SSSR count). The summed E-state index contributed by atoms with van der Waals surface area (Å²) in [6.45, 7) is -0.386. The van der Waals surface area contributed by atoms with Crippen LogP contribution >= 0.6 is 15.9 Å². The Balaban J connectivity index is 1.14. The van der Waals surface area contributed by atoms with E-state index >= 15 is 0 Å². The zero-order valence-electron chi connectivity index (χ0n) is 22.0. The van der Waals surface area contributed by atoms with Crippen molar-refractivity contribution in [3.63, 3.8) is 0 Å². The Bertz CT molecular complexity index is 1710. The van der Waals surface area contributed by atoms with Gasteiger partial charge in [-0.05, 0) is 67.5 Å². The number of benzene rings is 3. The summed E-state index contributed by atoms with van der Waals surface area (Å²) in [4.78, 5) is 58.4. The number of nitrogens with zero attached hydrogens (tertiary/aromatic N) is 2. The summed E-state index contributed by atoms with van der Waals surface area (Å²) in [6, 6.07) is 22.9. The highest BCUT2D eigenvalue weighted by molar-refractivity contribution is 9.10. The van der Waals surface area contributed by atoms with Gasteiger partial charge in [-0.2, -0.15) is 0 Å². The number of ketones is 1. The van der Waals surface area contributed by atoms with Crippen LogP contribution in [-0.4, -0.2) is 35.2 Å². The number of imide groups is 1. The van der Waals surface area contributed by atoms with E-state index in [0.29, 0.717) is 45.2 Å². The van der Waals surface area contributed by atoms with Crippen LogP contribution in [0.4, 0.5) is 5.69 Å². The van der Waals surface area contributed by atoms with Crippen molar-refractivity contribution in [2.45, 2.75) is 19.3 Å². The number of hydrogen-bond acceptors (Lipinski definition) is 6. The molecule has 3 aliphatic rings. The summed E-state index contributed by atoms with van der Waals surface area (Å²) in [5.74, 6) is -0.770. The summed E-state index contributed by atoms with van der Waals surface area (Å²) in [7, 11) is 0. The van der Waals surface area contributed by atoms with Crippen LogP contribution in [0.3, 0.4) is 0 Å². The first-order chi connectivity index (χ1) is 19.9. The predicted octanol–water partition coefficient (Wildman–Crippen LogP) is 6.24. The first kappa shape index (κ1) is 25.8. The molecule has 0 radical (unpaired) electrons. The van der Waals surface area contributed by atoms with Gasteiger partial charge in [-0.3, -0.25) is 19.3 Å². The largest absolute Gasteiger partial charge is 0.454 e. The molecular formula is C33H25BrN2O5. The van der Waals surface area contributed by atoms with Gasteiger partial charge in [0, 0.05) is 21.0 Å². The van der Waals surface area contributed by atoms with Crippen molar-refractivity contribution in [1.29, 1.82) is 0 Å². The van der Waals surface area contributed by atoms with Gasteiger partial charge in [0.1, 0.15) is 0 Å². The van der Waals surface area contributed by atoms with E-state index in [-0.39, 0.29) is 36.0 Å². The fourth-order valence-electron chi connectivity index (χ4n) is 6.86. The van der Waals surface area contributed by atoms with Gasteiger partial charge in [-0.25, -0.2) is 9.78 Å². The van der Waals surface area contributed by atoms with E-state index in [0.717, 1.165) is 29.3 Å². The number of rotatable bonds is 6. The minimum Gasteiger partial charge on any atom is -0.454 e. The zero-order chi connectivity index (χ0) is 28.2. The number of carbonyl (C=O) groups excluding carboxylic acids is 4. The Labute approximate surface area is 244 Å². The fourth-order valence-corrected chi connectivity index (χ4v) is 7.13. The molecule has 7 nitrogen and oxygen atoms in total. The molecule has 204 valence electrons. The number of carbonyl (C=O) groups is 4. The summed E-state index contributed by atoms with van der Waals surface area (Å²) in [6.07, 6.45) is 3.07. The van der Waals surface area contributed by atoms with Crippen LogP contribution in [0.2, 0.25) is 0 Å². The number of para-hydroxylation sites is 1. The van der Waals surface area contributed by atoms with Crippen LogP contribution in [0.5, 0.6) is 0 Å². The molecule has 4 aromatic rings. The van der Waals surface area contributed by atoms with Crippen molar-refractivity contribution in [1.82, 2.24) is 4.98 Å². The molecular weight excluding hydrogens is 584 g/mol. The second kappa shape index (κ2) is 10.0. The van der Waals surface area contributed by atoms with Crippen LogP contribution < -0.4 is 4.90 Å². The van der Waals surface area contributed by atoms with Crippen molar-refractivity contribution < 1.29 is 23.9 Å². The normalized spacial score (nSPS) is 22.8. The number of amides is 2. The maximum Gasteiger partial charge on any atom is 0.339 e. The third-order valence-electron chi connectivity index (χ3n) is 8.79. The first-order valence-corrected chi connectivity index (χ1v) is 14.5. The molecule has 4 atom stereocenters. The van der Waals surface area contributed by atoms with Crippen LogP contribution in [0.15, 0.2) is 83.3 Å². The Morgan fingerprint density at radius 3 is 2.22 bits per heavy atom. The number of aromatic nitrogens is 1. The quantitative estimate of drug-likeness (QED) is 0.146. The molecule has 8 heteroatoms. The second-order valence-electron chi connectivity index (χ2n) is 11.0. The number of anilines is 1. The molecule has 0 spiro atoms. The second-order valence-corrected chi connectivity index (χ2v) is 11.9. The van der Waals surface area contributed by atoms with Crippen LogP contribution in [0.1, 0.15) is 40.0 Å². The molecule has 2 amide bonds. The van der Waals surface area contributed by atoms with E-state index in [9.17, 15) is 19.2 Å². The number of esters is 1. The molecule has 0 unspecified atom stereocenters. The summed E-state index contributed by atoms with van der Waals surface area (Å²) in [5, 5.41) is 0.614. The zero-order valence-corrected chi connectivity index (χ0v) is 23.5. The van der Waals surface area contributed by atoms with Crippen LogP contribution in [-0.2, 0) is 14.3 Å². The van der Waals surface area contributed by atoms with Gasteiger partial charge in [-0.15, -0.1) is 0 Å². The number of pyridine rings is 1. The van der Waals surface area contributed by atoms with Crippen molar-refractivity contribution in [2.24, 2.45) is 23.7 Å². The highest BCUT2D eigenvalue weighted by Gasteiger charge is 2.61. The standard InChI is InChI=1S/C33H25BrN2O5/c34-22-11-7-19(8-12-22)28(37)17-41-33(40)25-16-27(35-26-4-2-1-3-24(25)26)18-9-13-23(14-10-18)36-31(38)29-20-5-6-21(15-20)30(29)32(36)39/h1-4,7-14,16,20-21,29-30H,5-6,15,17H2/t20-,21+,29-,30-/m0/s1. The molecule has 2 saturated carbocycles. The van der Waals surface area contributed by atoms with E-state index in [1.165, 1.54) is 4.90 Å². The minimum absolute atomic E-state index is 0.0773. The Kier molecular flexibility index (Phi) is 6.31. The number of hydrogen-bond donors (Lipinski definition) is 0. The predicted molar refractivity (Wildman–Crippen MR) is 156 cm³/mol. The number of fused-ring (bicyclic) bond motifs is 6. The van der Waals surface area contributed by atoms with Crippen molar-refractivity contribution in [3.8, 4) is 11.3 Å². The third kappa shape index (κ3) is 4.37. The lowest BCUT2D eigenvalue weighted by Gasteiger charge is -2.19. The summed E-state index contributed by atoms with van der Waals surface area (Å²) >= 11 is 3.34. The Morgan fingerprint density at radius 2 is 1.54 bits per heavy atom. The average molecular weight is 609 g/mol. The minimum atomic E-state index is -0.624. The molecule has 41 heavy (non-hydrogen) atoms. The van der Waals surface area contributed by atoms with E-state index in [1.807, 2.05) is 30.3 Å². The van der Waals surface area contributed by atoms with Crippen molar-refractivity contribution in [2.75, 3.05) is 11.5 Å². The van der Waals surface area contributed by atoms with Gasteiger partial charge in [0.15, 0.2) is 12.4 Å². The Morgan fingerprint density at radius 1 is 0.878 bits per heavy atom. The number of halogens is 1. The van der Waals surface area contributed by atoms with E-state index in [4.69, 9.17) is 9.72 Å². The molecule has 1 aromatic heterocycles. The van der Waals surface area contributed by atoms with Gasteiger partial charge in [0.2, 0.25) is 11.8 Å². The highest BCUT2D eigenvalue weighted by Crippen LogP contribution is 2.56. The van der Waals surface area contributed by atoms with Crippen LogP contribution in [0, 0.1) is 23.7 Å². The molecule has 2 heterocycles. The third-order valence-corrected chi connectivity index (χ3v) is 9.31. The van der Waals surface area contributed by atoms with Crippen molar-refractivity contribution in [3.05, 3.63) is 94.5 Å². The molecule has 1 saturated heterocycles. The topological polar surface area (TPSA) is 93.6 Å². The molecule has 3 aromatic carbocycles. The van der Waals surface area contributed by atoms with Crippen molar-refractivity contribution >= 4 is 56.1 Å². The Hall–Kier alpha value is -4.17. The lowest BCUT2D eigenvalue weighted by Crippen LogP contribution is -2.32. The monoisotopic (exact) mass is 608 g/mol. The lowest BCUT2D eigenvalue weighted by molar-refractivity contribution is -0.123. The molecule has 1 aliphatic heterocycles.